The standard InChI is InChI=1S/C26H22N6O2/c27-12-16-7-15(5-6-20(16)18-13-28-29-14-18)24(33)30-19-10-26(11-19)8-17(9-26)23-21-3-1-2-4-22(21)25(34)32-31-23/h1-7,13-14,17,19H,8-11H2,(H,28,29)(H,30,33)(H,32,34)/t17-,19-,26?. The third-order valence-electron chi connectivity index (χ3n) is 7.38. The van der Waals surface area contributed by atoms with Crippen LogP contribution in [0.1, 0.15) is 53.2 Å². The van der Waals surface area contributed by atoms with E-state index in [1.165, 1.54) is 0 Å². The highest BCUT2D eigenvalue weighted by molar-refractivity contribution is 5.95. The molecule has 2 saturated carbocycles. The number of aromatic nitrogens is 4. The summed E-state index contributed by atoms with van der Waals surface area (Å²) in [4.78, 5) is 24.9. The quantitative estimate of drug-likeness (QED) is 0.437. The van der Waals surface area contributed by atoms with Crippen molar-refractivity contribution in [2.24, 2.45) is 5.41 Å². The van der Waals surface area contributed by atoms with Gasteiger partial charge in [0.05, 0.1) is 28.9 Å². The molecule has 0 radical (unpaired) electrons. The van der Waals surface area contributed by atoms with Crippen LogP contribution in [0.2, 0.25) is 0 Å². The van der Waals surface area contributed by atoms with E-state index >= 15 is 0 Å². The van der Waals surface area contributed by atoms with Crippen molar-refractivity contribution in [1.29, 1.82) is 5.26 Å². The molecule has 0 aliphatic heterocycles. The summed E-state index contributed by atoms with van der Waals surface area (Å²) in [6.45, 7) is 0. The number of nitrogens with zero attached hydrogens (tertiary/aromatic N) is 3. The van der Waals surface area contributed by atoms with Crippen molar-refractivity contribution in [2.75, 3.05) is 0 Å². The zero-order valence-corrected chi connectivity index (χ0v) is 18.3. The summed E-state index contributed by atoms with van der Waals surface area (Å²) in [6.07, 6.45) is 7.28. The molecule has 8 heteroatoms. The lowest BCUT2D eigenvalue weighted by atomic mass is 9.49. The summed E-state index contributed by atoms with van der Waals surface area (Å²) in [7, 11) is 0. The van der Waals surface area contributed by atoms with Gasteiger partial charge in [-0.2, -0.15) is 15.5 Å². The van der Waals surface area contributed by atoms with Crippen molar-refractivity contribution in [3.05, 3.63) is 82.0 Å². The third kappa shape index (κ3) is 3.28. The van der Waals surface area contributed by atoms with Crippen LogP contribution in [0.5, 0.6) is 0 Å². The largest absolute Gasteiger partial charge is 0.349 e. The van der Waals surface area contributed by atoms with Gasteiger partial charge in [-0.25, -0.2) is 5.10 Å². The Balaban J connectivity index is 1.09. The van der Waals surface area contributed by atoms with E-state index in [1.54, 1.807) is 30.6 Å². The van der Waals surface area contributed by atoms with E-state index in [9.17, 15) is 14.9 Å². The molecule has 3 N–H and O–H groups in total. The van der Waals surface area contributed by atoms with Crippen LogP contribution >= 0.6 is 0 Å². The Bertz CT molecular complexity index is 1500. The number of nitrogens with one attached hydrogen (secondary N) is 3. The van der Waals surface area contributed by atoms with Gasteiger partial charge in [-0.3, -0.25) is 14.7 Å². The first kappa shape index (κ1) is 20.4. The number of nitriles is 1. The Labute approximate surface area is 195 Å². The molecule has 0 unspecified atom stereocenters. The monoisotopic (exact) mass is 450 g/mol. The van der Waals surface area contributed by atoms with Crippen molar-refractivity contribution in [1.82, 2.24) is 25.7 Å². The number of hydrogen-bond acceptors (Lipinski definition) is 5. The lowest BCUT2D eigenvalue weighted by Crippen LogP contribution is -2.55. The summed E-state index contributed by atoms with van der Waals surface area (Å²) < 4.78 is 0. The molecule has 8 nitrogen and oxygen atoms in total. The van der Waals surface area contributed by atoms with Gasteiger partial charge in [0.15, 0.2) is 0 Å². The second-order valence-corrected chi connectivity index (χ2v) is 9.53. The van der Waals surface area contributed by atoms with Gasteiger partial charge in [0.1, 0.15) is 0 Å². The van der Waals surface area contributed by atoms with Gasteiger partial charge in [-0.1, -0.05) is 24.3 Å². The number of benzene rings is 2. The molecule has 6 rings (SSSR count). The summed E-state index contributed by atoms with van der Waals surface area (Å²) in [5.74, 6) is 0.173. The molecule has 1 spiro atoms. The van der Waals surface area contributed by atoms with Gasteiger partial charge in [0.2, 0.25) is 0 Å². The van der Waals surface area contributed by atoms with Crippen molar-refractivity contribution >= 4 is 16.7 Å². The molecule has 1 amide bonds. The molecule has 2 heterocycles. The fraction of sp³-hybridized carbons (Fsp3) is 0.269. The maximum atomic E-state index is 12.8. The van der Waals surface area contributed by atoms with Gasteiger partial charge in [0, 0.05) is 40.2 Å². The molecule has 4 aromatic rings. The highest BCUT2D eigenvalue weighted by Gasteiger charge is 2.54. The van der Waals surface area contributed by atoms with Crippen molar-refractivity contribution < 1.29 is 4.79 Å². The number of aromatic amines is 2. The zero-order chi connectivity index (χ0) is 23.3. The van der Waals surface area contributed by atoms with E-state index in [1.807, 2.05) is 24.3 Å². The topological polar surface area (TPSA) is 127 Å². The zero-order valence-electron chi connectivity index (χ0n) is 18.3. The second-order valence-electron chi connectivity index (χ2n) is 9.53. The van der Waals surface area contributed by atoms with E-state index in [-0.39, 0.29) is 22.9 Å². The Morgan fingerprint density at radius 1 is 1.12 bits per heavy atom. The number of rotatable bonds is 4. The number of carbonyl (C=O) groups is 1. The van der Waals surface area contributed by atoms with Crippen molar-refractivity contribution in [2.45, 2.75) is 37.6 Å². The van der Waals surface area contributed by atoms with Crippen LogP contribution in [0, 0.1) is 16.7 Å². The van der Waals surface area contributed by atoms with Gasteiger partial charge >= 0.3 is 0 Å². The Hall–Kier alpha value is -4.25. The molecule has 2 aliphatic carbocycles. The van der Waals surface area contributed by atoms with Crippen LogP contribution in [0.4, 0.5) is 0 Å². The van der Waals surface area contributed by atoms with Gasteiger partial charge in [-0.05, 0) is 49.3 Å². The minimum atomic E-state index is -0.155. The van der Waals surface area contributed by atoms with Crippen LogP contribution in [0.15, 0.2) is 59.7 Å². The number of fused-ring (bicyclic) bond motifs is 1. The van der Waals surface area contributed by atoms with Crippen LogP contribution < -0.4 is 10.9 Å². The van der Waals surface area contributed by atoms with E-state index in [4.69, 9.17) is 0 Å². The summed E-state index contributed by atoms with van der Waals surface area (Å²) in [5.41, 5.74) is 3.55. The predicted molar refractivity (Wildman–Crippen MR) is 126 cm³/mol. The average molecular weight is 451 g/mol. The molecule has 2 aromatic carbocycles. The molecular weight excluding hydrogens is 428 g/mol. The first-order chi connectivity index (χ1) is 16.5. The molecule has 2 aromatic heterocycles. The smallest absolute Gasteiger partial charge is 0.272 e. The summed E-state index contributed by atoms with van der Waals surface area (Å²) in [5, 5.41) is 27.9. The van der Waals surface area contributed by atoms with Crippen molar-refractivity contribution in [3.8, 4) is 17.2 Å². The Morgan fingerprint density at radius 3 is 2.65 bits per heavy atom. The predicted octanol–water partition coefficient (Wildman–Crippen LogP) is 3.64. The number of hydrogen-bond donors (Lipinski definition) is 3. The first-order valence-electron chi connectivity index (χ1n) is 11.4. The molecule has 0 bridgehead atoms. The van der Waals surface area contributed by atoms with Gasteiger partial charge < -0.3 is 5.32 Å². The highest BCUT2D eigenvalue weighted by Crippen LogP contribution is 2.62. The Morgan fingerprint density at radius 2 is 1.91 bits per heavy atom. The Kier molecular flexibility index (Phi) is 4.59. The van der Waals surface area contributed by atoms with Crippen LogP contribution in [-0.2, 0) is 0 Å². The summed E-state index contributed by atoms with van der Waals surface area (Å²) >= 11 is 0. The maximum absolute atomic E-state index is 12.8. The fourth-order valence-electron chi connectivity index (χ4n) is 5.74. The molecule has 2 fully saturated rings. The average Bonchev–Trinajstić information content (AvgIpc) is 3.35. The minimum Gasteiger partial charge on any atom is -0.349 e. The van der Waals surface area contributed by atoms with Gasteiger partial charge in [0.25, 0.3) is 11.5 Å². The SMILES string of the molecule is N#Cc1cc(C(=O)N[C@H]2CC3(C2)C[C@H](c2n[nH]c(=O)c4ccccc42)C3)ccc1-c1cn[nH]c1. The number of amides is 1. The number of H-pyrrole nitrogens is 2. The molecule has 34 heavy (non-hydrogen) atoms. The molecule has 0 saturated heterocycles. The van der Waals surface area contributed by atoms with E-state index < -0.39 is 0 Å². The van der Waals surface area contributed by atoms with Crippen molar-refractivity contribution in [3.63, 3.8) is 0 Å². The number of carbonyl (C=O) groups excluding carboxylic acids is 1. The maximum Gasteiger partial charge on any atom is 0.272 e. The molecule has 168 valence electrons. The van der Waals surface area contributed by atoms with E-state index in [2.05, 4.69) is 31.8 Å². The second kappa shape index (κ2) is 7.66. The normalized spacial score (nSPS) is 23.1. The summed E-state index contributed by atoms with van der Waals surface area (Å²) in [6, 6.07) is 15.1. The highest BCUT2D eigenvalue weighted by atomic mass is 16.1. The van der Waals surface area contributed by atoms with Crippen LogP contribution in [0.3, 0.4) is 0 Å². The lowest BCUT2D eigenvalue weighted by molar-refractivity contribution is -0.0196. The van der Waals surface area contributed by atoms with E-state index in [0.29, 0.717) is 22.4 Å². The van der Waals surface area contributed by atoms with E-state index in [0.717, 1.165) is 47.9 Å². The first-order valence-corrected chi connectivity index (χ1v) is 11.4. The minimum absolute atomic E-state index is 0.132. The van der Waals surface area contributed by atoms with Crippen LogP contribution in [-0.4, -0.2) is 32.3 Å². The molecule has 2 aliphatic rings. The molecule has 0 atom stereocenters. The molecular formula is C26H22N6O2. The van der Waals surface area contributed by atoms with Crippen LogP contribution in [0.25, 0.3) is 21.9 Å². The lowest BCUT2D eigenvalue weighted by Gasteiger charge is -2.57. The third-order valence-corrected chi connectivity index (χ3v) is 7.38. The fourth-order valence-corrected chi connectivity index (χ4v) is 5.74. The van der Waals surface area contributed by atoms with Gasteiger partial charge in [-0.15, -0.1) is 0 Å².